The second kappa shape index (κ2) is 10.4. The number of fused-ring (bicyclic) bond motifs is 1. The second-order valence-electron chi connectivity index (χ2n) is 9.35. The third-order valence-electron chi connectivity index (χ3n) is 6.98. The Morgan fingerprint density at radius 1 is 0.889 bits per heavy atom. The van der Waals surface area contributed by atoms with Gasteiger partial charge in [0.1, 0.15) is 5.75 Å². The van der Waals surface area contributed by atoms with Crippen molar-refractivity contribution >= 4 is 11.9 Å². The normalized spacial score (nSPS) is 15.9. The second-order valence-corrected chi connectivity index (χ2v) is 9.35. The fourth-order valence-electron chi connectivity index (χ4n) is 4.78. The number of hydrogen-bond acceptors (Lipinski definition) is 7. The van der Waals surface area contributed by atoms with Gasteiger partial charge >= 0.3 is 0 Å². The predicted molar refractivity (Wildman–Crippen MR) is 137 cm³/mol. The van der Waals surface area contributed by atoms with E-state index in [1.807, 2.05) is 36.4 Å². The standard InChI is InChI=1S/C28H32N4O4/c1-19-12-15-31(16-13-19)28-29-22-14-17-32(27(33)20-8-4-5-9-23(20)34-2)18-21(22)26(30-28)36-25-11-7-6-10-24(25)35-3/h4-11,19H,12-18H2,1-3H3. The van der Waals surface area contributed by atoms with E-state index in [4.69, 9.17) is 24.2 Å². The van der Waals surface area contributed by atoms with E-state index in [1.165, 1.54) is 0 Å². The zero-order valence-electron chi connectivity index (χ0n) is 21.1. The highest BCUT2D eigenvalue weighted by Crippen LogP contribution is 2.36. The number of carbonyl (C=O) groups is 1. The molecule has 0 atom stereocenters. The third kappa shape index (κ3) is 4.80. The van der Waals surface area contributed by atoms with Gasteiger partial charge in [0.25, 0.3) is 5.91 Å². The molecule has 2 aliphatic heterocycles. The van der Waals surface area contributed by atoms with E-state index < -0.39 is 0 Å². The van der Waals surface area contributed by atoms with E-state index in [0.29, 0.717) is 60.1 Å². The number of methoxy groups -OCH3 is 2. The first-order chi connectivity index (χ1) is 17.6. The zero-order chi connectivity index (χ0) is 25.1. The number of carbonyl (C=O) groups excluding carboxylic acids is 1. The molecule has 0 radical (unpaired) electrons. The maximum absolute atomic E-state index is 13.4. The largest absolute Gasteiger partial charge is 0.496 e. The van der Waals surface area contributed by atoms with E-state index in [9.17, 15) is 4.79 Å². The van der Waals surface area contributed by atoms with Gasteiger partial charge in [0.05, 0.1) is 37.6 Å². The van der Waals surface area contributed by atoms with Crippen LogP contribution in [0.5, 0.6) is 23.1 Å². The summed E-state index contributed by atoms with van der Waals surface area (Å²) in [5.74, 6) is 3.53. The summed E-state index contributed by atoms with van der Waals surface area (Å²) in [6.07, 6.45) is 2.85. The van der Waals surface area contributed by atoms with Crippen LogP contribution in [0.4, 0.5) is 5.95 Å². The molecule has 1 aromatic heterocycles. The summed E-state index contributed by atoms with van der Waals surface area (Å²) in [7, 11) is 3.19. The lowest BCUT2D eigenvalue weighted by Crippen LogP contribution is -2.38. The van der Waals surface area contributed by atoms with Crippen LogP contribution in [0.1, 0.15) is 41.4 Å². The van der Waals surface area contributed by atoms with Crippen molar-refractivity contribution in [3.05, 3.63) is 65.4 Å². The van der Waals surface area contributed by atoms with E-state index in [0.717, 1.165) is 37.2 Å². The molecule has 8 heteroatoms. The first-order valence-electron chi connectivity index (χ1n) is 12.4. The van der Waals surface area contributed by atoms with Gasteiger partial charge in [0, 0.05) is 26.1 Å². The highest BCUT2D eigenvalue weighted by atomic mass is 16.5. The van der Waals surface area contributed by atoms with Gasteiger partial charge < -0.3 is 24.0 Å². The van der Waals surface area contributed by atoms with Gasteiger partial charge in [0.15, 0.2) is 11.5 Å². The molecular formula is C28H32N4O4. The Morgan fingerprint density at radius 2 is 1.56 bits per heavy atom. The monoisotopic (exact) mass is 488 g/mol. The van der Waals surface area contributed by atoms with Crippen LogP contribution in [0.3, 0.4) is 0 Å². The summed E-state index contributed by atoms with van der Waals surface area (Å²) >= 11 is 0. The lowest BCUT2D eigenvalue weighted by molar-refractivity contribution is 0.0728. The average Bonchev–Trinajstić information content (AvgIpc) is 2.93. The SMILES string of the molecule is COc1ccccc1Oc1nc(N2CCC(C)CC2)nc2c1CN(C(=O)c1ccccc1OC)CC2. The van der Waals surface area contributed by atoms with Gasteiger partial charge in [-0.1, -0.05) is 31.2 Å². The van der Waals surface area contributed by atoms with E-state index in [1.54, 1.807) is 31.3 Å². The number of benzene rings is 2. The van der Waals surface area contributed by atoms with Crippen molar-refractivity contribution in [2.45, 2.75) is 32.7 Å². The van der Waals surface area contributed by atoms with Gasteiger partial charge in [-0.3, -0.25) is 4.79 Å². The van der Waals surface area contributed by atoms with E-state index >= 15 is 0 Å². The Morgan fingerprint density at radius 3 is 2.28 bits per heavy atom. The first-order valence-corrected chi connectivity index (χ1v) is 12.4. The number of amides is 1. The molecule has 188 valence electrons. The van der Waals surface area contributed by atoms with Gasteiger partial charge in [-0.25, -0.2) is 4.98 Å². The number of nitrogens with zero attached hydrogens (tertiary/aromatic N) is 4. The quantitative estimate of drug-likeness (QED) is 0.497. The van der Waals surface area contributed by atoms with Crippen molar-refractivity contribution in [1.82, 2.24) is 14.9 Å². The van der Waals surface area contributed by atoms with Crippen molar-refractivity contribution in [1.29, 1.82) is 0 Å². The van der Waals surface area contributed by atoms with Crippen LogP contribution >= 0.6 is 0 Å². The number of rotatable bonds is 6. The molecule has 0 bridgehead atoms. The molecule has 3 aromatic rings. The van der Waals surface area contributed by atoms with Crippen molar-refractivity contribution in [2.24, 2.45) is 5.92 Å². The van der Waals surface area contributed by atoms with Crippen molar-refractivity contribution < 1.29 is 19.0 Å². The van der Waals surface area contributed by atoms with E-state index in [2.05, 4.69) is 11.8 Å². The molecule has 2 aromatic carbocycles. The van der Waals surface area contributed by atoms with E-state index in [-0.39, 0.29) is 5.91 Å². The van der Waals surface area contributed by atoms with Crippen LogP contribution in [0.25, 0.3) is 0 Å². The molecule has 3 heterocycles. The Bertz CT molecular complexity index is 1240. The molecule has 2 aliphatic rings. The molecule has 0 aliphatic carbocycles. The summed E-state index contributed by atoms with van der Waals surface area (Å²) in [5.41, 5.74) is 2.28. The van der Waals surface area contributed by atoms with Gasteiger partial charge in [-0.15, -0.1) is 0 Å². The molecule has 0 N–H and O–H groups in total. The average molecular weight is 489 g/mol. The Kier molecular flexibility index (Phi) is 6.93. The van der Waals surface area contributed by atoms with Crippen LogP contribution in [0, 0.1) is 5.92 Å². The third-order valence-corrected chi connectivity index (χ3v) is 6.98. The van der Waals surface area contributed by atoms with Crippen LogP contribution in [0.2, 0.25) is 0 Å². The molecule has 0 unspecified atom stereocenters. The lowest BCUT2D eigenvalue weighted by atomic mass is 9.99. The smallest absolute Gasteiger partial charge is 0.257 e. The van der Waals surface area contributed by atoms with Crippen LogP contribution < -0.4 is 19.1 Å². The summed E-state index contributed by atoms with van der Waals surface area (Å²) in [6.45, 7) is 5.05. The molecule has 8 nitrogen and oxygen atoms in total. The van der Waals surface area contributed by atoms with Crippen LogP contribution in [-0.2, 0) is 13.0 Å². The highest BCUT2D eigenvalue weighted by Gasteiger charge is 2.30. The number of piperidine rings is 1. The van der Waals surface area contributed by atoms with Crippen LogP contribution in [0.15, 0.2) is 48.5 Å². The Hall–Kier alpha value is -3.81. The number of aromatic nitrogens is 2. The number of ether oxygens (including phenoxy) is 3. The molecule has 1 fully saturated rings. The summed E-state index contributed by atoms with van der Waals surface area (Å²) in [6, 6.07) is 14.8. The maximum Gasteiger partial charge on any atom is 0.257 e. The topological polar surface area (TPSA) is 77.0 Å². The van der Waals surface area contributed by atoms with Gasteiger partial charge in [-0.05, 0) is 43.0 Å². The lowest BCUT2D eigenvalue weighted by Gasteiger charge is -2.33. The van der Waals surface area contributed by atoms with Gasteiger partial charge in [-0.2, -0.15) is 4.98 Å². The minimum Gasteiger partial charge on any atom is -0.496 e. The number of anilines is 1. The molecule has 1 amide bonds. The molecule has 5 rings (SSSR count). The Labute approximate surface area is 211 Å². The maximum atomic E-state index is 13.4. The first kappa shape index (κ1) is 23.9. The summed E-state index contributed by atoms with van der Waals surface area (Å²) < 4.78 is 17.3. The molecule has 36 heavy (non-hydrogen) atoms. The fraction of sp³-hybridized carbons (Fsp3) is 0.393. The minimum atomic E-state index is -0.0876. The summed E-state index contributed by atoms with van der Waals surface area (Å²) in [4.78, 5) is 27.3. The predicted octanol–water partition coefficient (Wildman–Crippen LogP) is 4.72. The highest BCUT2D eigenvalue weighted by molar-refractivity contribution is 5.97. The van der Waals surface area contributed by atoms with Gasteiger partial charge in [0.2, 0.25) is 11.8 Å². The minimum absolute atomic E-state index is 0.0876. The molecule has 0 spiro atoms. The number of para-hydroxylation sites is 3. The zero-order valence-corrected chi connectivity index (χ0v) is 21.1. The van der Waals surface area contributed by atoms with Crippen molar-refractivity contribution in [2.75, 3.05) is 38.8 Å². The molecule has 1 saturated heterocycles. The van der Waals surface area contributed by atoms with Crippen LogP contribution in [-0.4, -0.2) is 54.6 Å². The summed E-state index contributed by atoms with van der Waals surface area (Å²) in [5, 5.41) is 0. The van der Waals surface area contributed by atoms with Crippen molar-refractivity contribution in [3.63, 3.8) is 0 Å². The Balaban J connectivity index is 1.50. The molecule has 0 saturated carbocycles. The number of hydrogen-bond donors (Lipinski definition) is 0. The van der Waals surface area contributed by atoms with Crippen molar-refractivity contribution in [3.8, 4) is 23.1 Å². The molecular weight excluding hydrogens is 456 g/mol. The fourth-order valence-corrected chi connectivity index (χ4v) is 4.78.